The molecule has 1 heterocycles. The number of carbonyl (C=O) groups is 1. The van der Waals surface area contributed by atoms with Crippen LogP contribution in [-0.4, -0.2) is 40.8 Å². The zero-order chi connectivity index (χ0) is 12.4. The second-order valence-corrected chi connectivity index (χ2v) is 6.80. The first-order valence-electron chi connectivity index (χ1n) is 6.94. The van der Waals surface area contributed by atoms with Crippen LogP contribution in [-0.2, 0) is 4.79 Å². The summed E-state index contributed by atoms with van der Waals surface area (Å²) in [7, 11) is 0. The average Bonchev–Trinajstić information content (AvgIpc) is 2.36. The zero-order valence-electron chi connectivity index (χ0n) is 11.3. The Hall–Kier alpha value is -0.0200. The summed E-state index contributed by atoms with van der Waals surface area (Å²) in [5, 5.41) is 0.842. The van der Waals surface area contributed by atoms with Gasteiger partial charge in [0, 0.05) is 36.2 Å². The van der Waals surface area contributed by atoms with E-state index in [1.54, 1.807) is 0 Å². The summed E-state index contributed by atoms with van der Waals surface area (Å²) in [6.45, 7) is 5.34. The van der Waals surface area contributed by atoms with E-state index in [9.17, 15) is 4.79 Å². The Morgan fingerprint density at radius 2 is 2.06 bits per heavy atom. The van der Waals surface area contributed by atoms with Gasteiger partial charge in [0.05, 0.1) is 0 Å². The predicted molar refractivity (Wildman–Crippen MR) is 74.5 cm³/mol. The summed E-state index contributed by atoms with van der Waals surface area (Å²) in [5.74, 6) is 0.699. The Morgan fingerprint density at radius 3 is 2.76 bits per heavy atom. The molecular weight excluding hydrogens is 230 g/mol. The minimum absolute atomic E-state index is 0.235. The number of likely N-dealkylation sites (tertiary alicyclic amines) is 1. The van der Waals surface area contributed by atoms with Crippen molar-refractivity contribution in [3.05, 3.63) is 0 Å². The van der Waals surface area contributed by atoms with Crippen LogP contribution in [0.15, 0.2) is 0 Å². The molecule has 98 valence electrons. The number of rotatable bonds is 2. The first kappa shape index (κ1) is 13.4. The molecule has 0 spiro atoms. The Balaban J connectivity index is 1.99. The summed E-state index contributed by atoms with van der Waals surface area (Å²) >= 11 is 2.02. The van der Waals surface area contributed by atoms with Crippen molar-refractivity contribution in [2.75, 3.05) is 12.8 Å². The van der Waals surface area contributed by atoms with Gasteiger partial charge in [-0.3, -0.25) is 9.69 Å². The van der Waals surface area contributed by atoms with Crippen LogP contribution in [0.5, 0.6) is 0 Å². The SMILES string of the molecule is CSC1CCCC(N2CCC(=O)C(C)C2C)C1. The second kappa shape index (κ2) is 5.75. The molecule has 4 unspecified atom stereocenters. The standard InChI is InChI=1S/C14H25NOS/c1-10-11(2)15(8-7-14(10)16)12-5-4-6-13(9-12)17-3/h10-13H,4-9H2,1-3H3. The molecule has 0 aromatic carbocycles. The maximum Gasteiger partial charge on any atom is 0.138 e. The monoisotopic (exact) mass is 255 g/mol. The molecule has 4 atom stereocenters. The molecule has 0 aromatic heterocycles. The van der Waals surface area contributed by atoms with Crippen LogP contribution in [0.4, 0.5) is 0 Å². The third kappa shape index (κ3) is 2.87. The van der Waals surface area contributed by atoms with Gasteiger partial charge in [-0.15, -0.1) is 0 Å². The summed E-state index contributed by atoms with van der Waals surface area (Å²) < 4.78 is 0. The van der Waals surface area contributed by atoms with E-state index in [0.717, 1.165) is 24.3 Å². The first-order valence-corrected chi connectivity index (χ1v) is 8.23. The largest absolute Gasteiger partial charge is 0.299 e. The van der Waals surface area contributed by atoms with Crippen molar-refractivity contribution in [2.24, 2.45) is 5.92 Å². The smallest absolute Gasteiger partial charge is 0.138 e. The van der Waals surface area contributed by atoms with Gasteiger partial charge in [0.2, 0.25) is 0 Å². The van der Waals surface area contributed by atoms with E-state index >= 15 is 0 Å². The second-order valence-electron chi connectivity index (χ2n) is 5.66. The van der Waals surface area contributed by atoms with Crippen molar-refractivity contribution >= 4 is 17.5 Å². The van der Waals surface area contributed by atoms with Crippen LogP contribution in [0, 0.1) is 5.92 Å². The van der Waals surface area contributed by atoms with E-state index in [2.05, 4.69) is 25.0 Å². The van der Waals surface area contributed by atoms with Gasteiger partial charge in [-0.2, -0.15) is 11.8 Å². The fraction of sp³-hybridized carbons (Fsp3) is 0.929. The molecule has 2 rings (SSSR count). The molecule has 2 nitrogen and oxygen atoms in total. The van der Waals surface area contributed by atoms with Crippen LogP contribution in [0.1, 0.15) is 46.0 Å². The van der Waals surface area contributed by atoms with Gasteiger partial charge >= 0.3 is 0 Å². The maximum atomic E-state index is 11.7. The molecule has 0 amide bonds. The van der Waals surface area contributed by atoms with Crippen LogP contribution in [0.3, 0.4) is 0 Å². The van der Waals surface area contributed by atoms with Gasteiger partial charge in [0.25, 0.3) is 0 Å². The fourth-order valence-electron chi connectivity index (χ4n) is 3.38. The van der Waals surface area contributed by atoms with Crippen molar-refractivity contribution in [1.82, 2.24) is 4.90 Å². The minimum atomic E-state index is 0.235. The van der Waals surface area contributed by atoms with Crippen molar-refractivity contribution < 1.29 is 4.79 Å². The van der Waals surface area contributed by atoms with E-state index in [1.807, 2.05) is 11.8 Å². The highest BCUT2D eigenvalue weighted by Crippen LogP contribution is 2.33. The normalized spacial score (nSPS) is 40.5. The highest BCUT2D eigenvalue weighted by atomic mass is 32.2. The lowest BCUT2D eigenvalue weighted by Gasteiger charge is -2.44. The Kier molecular flexibility index (Phi) is 4.53. The summed E-state index contributed by atoms with van der Waals surface area (Å²) in [5.41, 5.74) is 0. The molecule has 1 aliphatic carbocycles. The quantitative estimate of drug-likeness (QED) is 0.756. The third-order valence-electron chi connectivity index (χ3n) is 4.77. The predicted octanol–water partition coefficient (Wildman–Crippen LogP) is 2.96. The van der Waals surface area contributed by atoms with Crippen molar-refractivity contribution in [3.8, 4) is 0 Å². The fourth-order valence-corrected chi connectivity index (χ4v) is 4.19. The molecule has 1 saturated heterocycles. The van der Waals surface area contributed by atoms with Crippen molar-refractivity contribution in [2.45, 2.75) is 63.3 Å². The molecule has 17 heavy (non-hydrogen) atoms. The molecule has 2 aliphatic rings. The number of hydrogen-bond acceptors (Lipinski definition) is 3. The van der Waals surface area contributed by atoms with Crippen molar-refractivity contribution in [1.29, 1.82) is 0 Å². The van der Waals surface area contributed by atoms with Gasteiger partial charge in [-0.1, -0.05) is 13.3 Å². The molecule has 0 radical (unpaired) electrons. The lowest BCUT2D eigenvalue weighted by Crippen LogP contribution is -2.52. The number of thioether (sulfide) groups is 1. The third-order valence-corrected chi connectivity index (χ3v) is 5.87. The topological polar surface area (TPSA) is 20.3 Å². The van der Waals surface area contributed by atoms with Gasteiger partial charge in [-0.05, 0) is 32.4 Å². The number of Topliss-reactive ketones (excluding diaryl/α,β-unsaturated/α-hetero) is 1. The van der Waals surface area contributed by atoms with Gasteiger partial charge < -0.3 is 0 Å². The van der Waals surface area contributed by atoms with E-state index in [1.165, 1.54) is 25.7 Å². The number of hydrogen-bond donors (Lipinski definition) is 0. The number of carbonyl (C=O) groups excluding carboxylic acids is 1. The van der Waals surface area contributed by atoms with E-state index in [0.29, 0.717) is 11.8 Å². The van der Waals surface area contributed by atoms with E-state index in [4.69, 9.17) is 0 Å². The molecule has 1 aliphatic heterocycles. The highest BCUT2D eigenvalue weighted by molar-refractivity contribution is 7.99. The molecule has 3 heteroatoms. The maximum absolute atomic E-state index is 11.7. The molecule has 2 fully saturated rings. The number of nitrogens with zero attached hydrogens (tertiary/aromatic N) is 1. The lowest BCUT2D eigenvalue weighted by molar-refractivity contribution is -0.129. The highest BCUT2D eigenvalue weighted by Gasteiger charge is 2.36. The van der Waals surface area contributed by atoms with Crippen LogP contribution in [0.2, 0.25) is 0 Å². The van der Waals surface area contributed by atoms with Crippen LogP contribution >= 0.6 is 11.8 Å². The van der Waals surface area contributed by atoms with E-state index < -0.39 is 0 Å². The zero-order valence-corrected chi connectivity index (χ0v) is 12.1. The first-order chi connectivity index (χ1) is 8.13. The molecule has 0 N–H and O–H groups in total. The van der Waals surface area contributed by atoms with Gasteiger partial charge in [-0.25, -0.2) is 0 Å². The molecule has 1 saturated carbocycles. The van der Waals surface area contributed by atoms with Gasteiger partial charge in [0.15, 0.2) is 0 Å². The Morgan fingerprint density at radius 1 is 1.29 bits per heavy atom. The Labute approximate surface area is 110 Å². The summed E-state index contributed by atoms with van der Waals surface area (Å²) in [6, 6.07) is 1.17. The molecular formula is C14H25NOS. The lowest BCUT2D eigenvalue weighted by atomic mass is 9.85. The van der Waals surface area contributed by atoms with E-state index in [-0.39, 0.29) is 5.92 Å². The Bertz CT molecular complexity index is 281. The van der Waals surface area contributed by atoms with Crippen molar-refractivity contribution in [3.63, 3.8) is 0 Å². The number of ketones is 1. The summed E-state index contributed by atoms with van der Waals surface area (Å²) in [6.07, 6.45) is 8.41. The molecule has 0 bridgehead atoms. The number of piperidine rings is 1. The van der Waals surface area contributed by atoms with Crippen LogP contribution < -0.4 is 0 Å². The average molecular weight is 255 g/mol. The van der Waals surface area contributed by atoms with Gasteiger partial charge in [0.1, 0.15) is 5.78 Å². The summed E-state index contributed by atoms with van der Waals surface area (Å²) in [4.78, 5) is 14.3. The molecule has 0 aromatic rings. The minimum Gasteiger partial charge on any atom is -0.299 e. The van der Waals surface area contributed by atoms with Crippen LogP contribution in [0.25, 0.3) is 0 Å².